The van der Waals surface area contributed by atoms with E-state index >= 15 is 0 Å². The third-order valence-electron chi connectivity index (χ3n) is 1.60. The zero-order chi connectivity index (χ0) is 9.31. The molecule has 2 aliphatic heterocycles. The largest absolute Gasteiger partial charge is 0.400 e. The first-order valence-electron chi connectivity index (χ1n) is 3.93. The van der Waals surface area contributed by atoms with E-state index in [1.807, 2.05) is 0 Å². The van der Waals surface area contributed by atoms with E-state index in [0.717, 1.165) is 0 Å². The second kappa shape index (κ2) is 3.50. The minimum absolute atomic E-state index is 0.0356. The molecule has 2 fully saturated rings. The Morgan fingerprint density at radius 3 is 1.77 bits per heavy atom. The van der Waals surface area contributed by atoms with Gasteiger partial charge in [0.2, 0.25) is 0 Å². The lowest BCUT2D eigenvalue weighted by Crippen LogP contribution is -2.16. The molecule has 0 spiro atoms. The Morgan fingerprint density at radius 1 is 1.08 bits per heavy atom. The monoisotopic (exact) mass is 210 g/mol. The van der Waals surface area contributed by atoms with Crippen LogP contribution >= 0.6 is 0 Å². The molecule has 13 heavy (non-hydrogen) atoms. The van der Waals surface area contributed by atoms with Crippen molar-refractivity contribution in [2.45, 2.75) is 12.2 Å². The number of epoxide rings is 2. The first kappa shape index (κ1) is 9.35. The summed E-state index contributed by atoms with van der Waals surface area (Å²) in [5.74, 6) is 0. The summed E-state index contributed by atoms with van der Waals surface area (Å²) in [4.78, 5) is 0. The van der Waals surface area contributed by atoms with Crippen LogP contribution in [0.15, 0.2) is 0 Å². The van der Waals surface area contributed by atoms with Crippen molar-refractivity contribution in [3.63, 3.8) is 0 Å². The van der Waals surface area contributed by atoms with E-state index < -0.39 is 10.4 Å². The molecule has 0 radical (unpaired) electrons. The smallest absolute Gasteiger partial charge is 0.371 e. The average molecular weight is 210 g/mol. The van der Waals surface area contributed by atoms with Crippen LogP contribution in [0.3, 0.4) is 0 Å². The normalized spacial score (nSPS) is 31.7. The molecule has 0 N–H and O–H groups in total. The van der Waals surface area contributed by atoms with Crippen molar-refractivity contribution in [1.82, 2.24) is 0 Å². The molecule has 76 valence electrons. The van der Waals surface area contributed by atoms with Gasteiger partial charge in [0, 0.05) is 0 Å². The van der Waals surface area contributed by atoms with E-state index in [1.165, 1.54) is 0 Å². The highest BCUT2D eigenvalue weighted by Crippen LogP contribution is 2.13. The highest BCUT2D eigenvalue weighted by Gasteiger charge is 2.29. The summed E-state index contributed by atoms with van der Waals surface area (Å²) in [5.41, 5.74) is 0. The second-order valence-electron chi connectivity index (χ2n) is 2.89. The van der Waals surface area contributed by atoms with Crippen LogP contribution in [0.5, 0.6) is 0 Å². The highest BCUT2D eigenvalue weighted by molar-refractivity contribution is 7.81. The van der Waals surface area contributed by atoms with Crippen molar-refractivity contribution in [2.24, 2.45) is 0 Å². The average Bonchev–Trinajstić information content (AvgIpc) is 2.92. The molecule has 0 bridgehead atoms. The van der Waals surface area contributed by atoms with Crippen molar-refractivity contribution < 1.29 is 26.3 Å². The summed E-state index contributed by atoms with van der Waals surface area (Å²) in [6.07, 6.45) is -0.175. The molecule has 2 rings (SSSR count). The minimum Gasteiger partial charge on any atom is -0.371 e. The quantitative estimate of drug-likeness (QED) is 0.527. The van der Waals surface area contributed by atoms with E-state index in [-0.39, 0.29) is 25.4 Å². The van der Waals surface area contributed by atoms with Gasteiger partial charge in [-0.1, -0.05) is 0 Å². The Labute approximate surface area is 76.0 Å². The third-order valence-corrected chi connectivity index (χ3v) is 2.45. The van der Waals surface area contributed by atoms with Gasteiger partial charge in [-0.2, -0.15) is 8.42 Å². The Morgan fingerprint density at radius 2 is 1.46 bits per heavy atom. The number of hydrogen-bond donors (Lipinski definition) is 0. The molecule has 0 amide bonds. The summed E-state index contributed by atoms with van der Waals surface area (Å²) in [6.45, 7) is 1.18. The molecular weight excluding hydrogens is 200 g/mol. The van der Waals surface area contributed by atoms with E-state index in [4.69, 9.17) is 9.47 Å². The molecule has 2 aliphatic rings. The fourth-order valence-corrected chi connectivity index (χ4v) is 1.39. The lowest BCUT2D eigenvalue weighted by atomic mass is 10.5. The summed E-state index contributed by atoms with van der Waals surface area (Å²) >= 11 is 0. The molecule has 2 saturated heterocycles. The fraction of sp³-hybridized carbons (Fsp3) is 1.00. The van der Waals surface area contributed by atoms with Crippen molar-refractivity contribution in [2.75, 3.05) is 26.4 Å². The van der Waals surface area contributed by atoms with Gasteiger partial charge in [-0.15, -0.1) is 0 Å². The zero-order valence-electron chi connectivity index (χ0n) is 6.84. The lowest BCUT2D eigenvalue weighted by molar-refractivity contribution is 0.186. The molecule has 0 aromatic rings. The second-order valence-corrected chi connectivity index (χ2v) is 4.18. The van der Waals surface area contributed by atoms with Crippen molar-refractivity contribution >= 4 is 10.4 Å². The molecule has 7 heteroatoms. The predicted molar refractivity (Wildman–Crippen MR) is 40.3 cm³/mol. The van der Waals surface area contributed by atoms with Gasteiger partial charge in [0.1, 0.15) is 12.2 Å². The molecule has 0 saturated carbocycles. The molecule has 2 heterocycles. The number of hydrogen-bond acceptors (Lipinski definition) is 6. The Kier molecular flexibility index (Phi) is 2.52. The first-order chi connectivity index (χ1) is 6.16. The van der Waals surface area contributed by atoms with Gasteiger partial charge in [-0.05, 0) is 0 Å². The Bertz CT molecular complexity index is 243. The third kappa shape index (κ3) is 3.57. The molecule has 6 nitrogen and oxygen atoms in total. The van der Waals surface area contributed by atoms with Crippen LogP contribution in [0.2, 0.25) is 0 Å². The predicted octanol–water partition coefficient (Wildman–Crippen LogP) is -0.938. The van der Waals surface area contributed by atoms with Crippen LogP contribution in [-0.2, 0) is 28.2 Å². The summed E-state index contributed by atoms with van der Waals surface area (Å²) in [5, 5.41) is 0. The van der Waals surface area contributed by atoms with Gasteiger partial charge in [-0.25, -0.2) is 8.37 Å². The van der Waals surface area contributed by atoms with Gasteiger partial charge >= 0.3 is 10.4 Å². The molecule has 0 aromatic heterocycles. The summed E-state index contributed by atoms with van der Waals surface area (Å²) < 4.78 is 40.4. The van der Waals surface area contributed by atoms with E-state index in [9.17, 15) is 8.42 Å². The van der Waals surface area contributed by atoms with Crippen LogP contribution in [0.25, 0.3) is 0 Å². The minimum atomic E-state index is -3.85. The van der Waals surface area contributed by atoms with Crippen molar-refractivity contribution in [3.8, 4) is 0 Å². The van der Waals surface area contributed by atoms with Crippen LogP contribution in [0.4, 0.5) is 0 Å². The Hall–Kier alpha value is -0.210. The van der Waals surface area contributed by atoms with Crippen LogP contribution in [0, 0.1) is 0 Å². The first-order valence-corrected chi connectivity index (χ1v) is 5.26. The maximum atomic E-state index is 10.9. The highest BCUT2D eigenvalue weighted by atomic mass is 32.3. The maximum absolute atomic E-state index is 10.9. The van der Waals surface area contributed by atoms with Gasteiger partial charge in [-0.3, -0.25) is 0 Å². The van der Waals surface area contributed by atoms with E-state index in [0.29, 0.717) is 13.2 Å². The summed E-state index contributed by atoms with van der Waals surface area (Å²) in [6, 6.07) is 0. The SMILES string of the molecule is O=S(=O)(OCC1CO1)OCC1CO1. The summed E-state index contributed by atoms with van der Waals surface area (Å²) in [7, 11) is -3.85. The van der Waals surface area contributed by atoms with Gasteiger partial charge < -0.3 is 9.47 Å². The van der Waals surface area contributed by atoms with Crippen molar-refractivity contribution in [1.29, 1.82) is 0 Å². The fourth-order valence-electron chi connectivity index (χ4n) is 0.681. The van der Waals surface area contributed by atoms with Gasteiger partial charge in [0.25, 0.3) is 0 Å². The molecular formula is C6H10O6S. The molecule has 2 unspecified atom stereocenters. The zero-order valence-corrected chi connectivity index (χ0v) is 7.66. The Balaban J connectivity index is 1.66. The van der Waals surface area contributed by atoms with Gasteiger partial charge in [0.15, 0.2) is 0 Å². The topological polar surface area (TPSA) is 77.7 Å². The number of ether oxygens (including phenoxy) is 2. The lowest BCUT2D eigenvalue weighted by Gasteiger charge is -2.02. The molecule has 0 aromatic carbocycles. The standard InChI is InChI=1S/C6H10O6S/c7-13(8,11-3-5-1-9-5)12-4-6-2-10-6/h5-6H,1-4H2. The van der Waals surface area contributed by atoms with Crippen LogP contribution in [0.1, 0.15) is 0 Å². The van der Waals surface area contributed by atoms with E-state index in [1.54, 1.807) is 0 Å². The van der Waals surface area contributed by atoms with Crippen LogP contribution in [-0.4, -0.2) is 47.1 Å². The molecule has 2 atom stereocenters. The van der Waals surface area contributed by atoms with E-state index in [2.05, 4.69) is 8.37 Å². The maximum Gasteiger partial charge on any atom is 0.400 e. The van der Waals surface area contributed by atoms with Gasteiger partial charge in [0.05, 0.1) is 26.4 Å². The van der Waals surface area contributed by atoms with Crippen molar-refractivity contribution in [3.05, 3.63) is 0 Å². The number of rotatable bonds is 6. The van der Waals surface area contributed by atoms with Crippen LogP contribution < -0.4 is 0 Å². The molecule has 0 aliphatic carbocycles.